The second-order valence-corrected chi connectivity index (χ2v) is 6.58. The van der Waals surface area contributed by atoms with E-state index in [1.807, 2.05) is 18.2 Å². The Morgan fingerprint density at radius 2 is 1.97 bits per heavy atom. The quantitative estimate of drug-likeness (QED) is 0.340. The Labute approximate surface area is 171 Å². The van der Waals surface area contributed by atoms with Crippen molar-refractivity contribution in [2.75, 3.05) is 19.9 Å². The first-order valence-electron chi connectivity index (χ1n) is 9.21. The number of amides is 1. The van der Waals surface area contributed by atoms with Gasteiger partial charge in [-0.2, -0.15) is 4.99 Å². The van der Waals surface area contributed by atoms with Crippen LogP contribution in [0, 0.1) is 0 Å². The molecule has 10 heteroatoms. The van der Waals surface area contributed by atoms with Crippen molar-refractivity contribution in [2.24, 2.45) is 16.5 Å². The van der Waals surface area contributed by atoms with Gasteiger partial charge in [-0.05, 0) is 35.9 Å². The van der Waals surface area contributed by atoms with Crippen LogP contribution in [-0.4, -0.2) is 46.9 Å². The van der Waals surface area contributed by atoms with Gasteiger partial charge in [0.25, 0.3) is 5.91 Å². The normalized spacial score (nSPS) is 12.0. The molecule has 1 aliphatic heterocycles. The first kappa shape index (κ1) is 19.4. The average molecular weight is 408 g/mol. The monoisotopic (exact) mass is 408 g/mol. The molecule has 0 spiro atoms. The number of hydrogen-bond donors (Lipinski definition) is 4. The predicted octanol–water partition coefficient (Wildman–Crippen LogP) is 0.576. The Bertz CT molecular complexity index is 1140. The van der Waals surface area contributed by atoms with Crippen LogP contribution >= 0.6 is 0 Å². The number of nitrogens with two attached hydrogens (primary N) is 2. The van der Waals surface area contributed by atoms with Crippen LogP contribution in [0.4, 0.5) is 5.82 Å². The standard InChI is InChI=1S/C20H20N6O4/c21-20(22)26-18-13-3-2-12(19(28)23-5-6-27)9-14(13)24-17(25-18)8-11-1-4-15-16(7-11)30-10-29-15/h1-4,7,9,27H,5-6,8,10H2,(H,23,28)(H4,21,22,24,25,26). The van der Waals surface area contributed by atoms with Crippen LogP contribution in [-0.2, 0) is 6.42 Å². The Kier molecular flexibility index (Phi) is 5.31. The number of carbonyl (C=O) groups excluding carboxylic acids is 1. The number of fused-ring (bicyclic) bond motifs is 2. The Morgan fingerprint density at radius 1 is 1.13 bits per heavy atom. The van der Waals surface area contributed by atoms with Gasteiger partial charge in [-0.15, -0.1) is 0 Å². The fourth-order valence-corrected chi connectivity index (χ4v) is 3.09. The summed E-state index contributed by atoms with van der Waals surface area (Å²) < 4.78 is 10.8. The molecule has 0 radical (unpaired) electrons. The molecule has 6 N–H and O–H groups in total. The maximum absolute atomic E-state index is 12.2. The number of guanidine groups is 1. The van der Waals surface area contributed by atoms with Crippen molar-refractivity contribution in [1.82, 2.24) is 15.3 Å². The zero-order valence-corrected chi connectivity index (χ0v) is 16.0. The first-order valence-corrected chi connectivity index (χ1v) is 9.21. The molecular formula is C20H20N6O4. The SMILES string of the molecule is NC(N)=Nc1nc(Cc2ccc3c(c2)OCO3)nc2cc(C(=O)NCCO)ccc12. The van der Waals surface area contributed by atoms with Gasteiger partial charge in [0.2, 0.25) is 6.79 Å². The summed E-state index contributed by atoms with van der Waals surface area (Å²) >= 11 is 0. The number of aliphatic hydroxyl groups is 1. The highest BCUT2D eigenvalue weighted by Gasteiger charge is 2.15. The molecule has 0 bridgehead atoms. The van der Waals surface area contributed by atoms with Gasteiger partial charge >= 0.3 is 0 Å². The lowest BCUT2D eigenvalue weighted by molar-refractivity contribution is 0.0945. The summed E-state index contributed by atoms with van der Waals surface area (Å²) in [5, 5.41) is 12.1. The van der Waals surface area contributed by atoms with Gasteiger partial charge in [0.05, 0.1) is 12.1 Å². The Balaban J connectivity index is 1.73. The maximum atomic E-state index is 12.2. The van der Waals surface area contributed by atoms with Crippen LogP contribution in [0.25, 0.3) is 10.9 Å². The van der Waals surface area contributed by atoms with Crippen molar-refractivity contribution in [3.05, 3.63) is 53.3 Å². The third-order valence-corrected chi connectivity index (χ3v) is 4.42. The van der Waals surface area contributed by atoms with Crippen LogP contribution in [0.15, 0.2) is 41.4 Å². The average Bonchev–Trinajstić information content (AvgIpc) is 3.19. The molecule has 2 heterocycles. The Hall–Kier alpha value is -3.92. The highest BCUT2D eigenvalue weighted by atomic mass is 16.7. The lowest BCUT2D eigenvalue weighted by Crippen LogP contribution is -2.26. The van der Waals surface area contributed by atoms with E-state index in [0.717, 1.165) is 5.56 Å². The van der Waals surface area contributed by atoms with E-state index in [0.29, 0.717) is 46.0 Å². The molecule has 0 fully saturated rings. The molecule has 1 aliphatic rings. The highest BCUT2D eigenvalue weighted by Crippen LogP contribution is 2.33. The molecule has 3 aromatic rings. The number of aromatic nitrogens is 2. The number of hydrogen-bond acceptors (Lipinski definition) is 7. The molecule has 0 saturated heterocycles. The summed E-state index contributed by atoms with van der Waals surface area (Å²) in [6, 6.07) is 10.6. The number of ether oxygens (including phenoxy) is 2. The number of nitrogens with one attached hydrogen (secondary N) is 1. The van der Waals surface area contributed by atoms with Crippen molar-refractivity contribution in [3.8, 4) is 11.5 Å². The lowest BCUT2D eigenvalue weighted by Gasteiger charge is -2.09. The van der Waals surface area contributed by atoms with Crippen molar-refractivity contribution < 1.29 is 19.4 Å². The highest BCUT2D eigenvalue weighted by molar-refractivity contribution is 6.00. The molecule has 30 heavy (non-hydrogen) atoms. The van der Waals surface area contributed by atoms with E-state index in [-0.39, 0.29) is 31.8 Å². The van der Waals surface area contributed by atoms with E-state index in [9.17, 15) is 4.79 Å². The van der Waals surface area contributed by atoms with Crippen molar-refractivity contribution in [2.45, 2.75) is 6.42 Å². The number of rotatable bonds is 6. The summed E-state index contributed by atoms with van der Waals surface area (Å²) in [7, 11) is 0. The molecule has 0 saturated carbocycles. The van der Waals surface area contributed by atoms with Crippen LogP contribution in [0.2, 0.25) is 0 Å². The topological polar surface area (TPSA) is 158 Å². The molecule has 1 amide bonds. The smallest absolute Gasteiger partial charge is 0.251 e. The van der Waals surface area contributed by atoms with Crippen molar-refractivity contribution in [1.29, 1.82) is 0 Å². The van der Waals surface area contributed by atoms with Crippen LogP contribution in [0.1, 0.15) is 21.7 Å². The number of nitrogens with zero attached hydrogens (tertiary/aromatic N) is 3. The number of aliphatic hydroxyl groups excluding tert-OH is 1. The third kappa shape index (κ3) is 4.08. The molecule has 0 atom stereocenters. The van der Waals surface area contributed by atoms with Gasteiger partial charge in [-0.1, -0.05) is 6.07 Å². The molecular weight excluding hydrogens is 388 g/mol. The molecule has 154 valence electrons. The van der Waals surface area contributed by atoms with Gasteiger partial charge < -0.3 is 31.4 Å². The summed E-state index contributed by atoms with van der Waals surface area (Å²) in [5.74, 6) is 1.71. The van der Waals surface area contributed by atoms with E-state index in [2.05, 4.69) is 20.3 Å². The zero-order chi connectivity index (χ0) is 21.1. The summed E-state index contributed by atoms with van der Waals surface area (Å²) in [4.78, 5) is 25.4. The predicted molar refractivity (Wildman–Crippen MR) is 110 cm³/mol. The van der Waals surface area contributed by atoms with Gasteiger partial charge in [0.1, 0.15) is 5.82 Å². The second kappa shape index (κ2) is 8.21. The summed E-state index contributed by atoms with van der Waals surface area (Å²) in [6.45, 7) is 0.214. The van der Waals surface area contributed by atoms with Gasteiger partial charge in [0, 0.05) is 23.9 Å². The lowest BCUT2D eigenvalue weighted by atomic mass is 10.1. The zero-order valence-electron chi connectivity index (χ0n) is 16.0. The van der Waals surface area contributed by atoms with Crippen molar-refractivity contribution in [3.63, 3.8) is 0 Å². The minimum Gasteiger partial charge on any atom is -0.454 e. The molecule has 1 aromatic heterocycles. The third-order valence-electron chi connectivity index (χ3n) is 4.42. The van der Waals surface area contributed by atoms with E-state index in [1.165, 1.54) is 0 Å². The maximum Gasteiger partial charge on any atom is 0.251 e. The van der Waals surface area contributed by atoms with Crippen molar-refractivity contribution >= 4 is 28.6 Å². The van der Waals surface area contributed by atoms with Crippen LogP contribution < -0.4 is 26.3 Å². The first-order chi connectivity index (χ1) is 14.5. The minimum absolute atomic E-state index is 0.131. The number of carbonyl (C=O) groups is 1. The van der Waals surface area contributed by atoms with Gasteiger partial charge in [-0.3, -0.25) is 4.79 Å². The fraction of sp³-hybridized carbons (Fsp3) is 0.200. The van der Waals surface area contributed by atoms with Gasteiger partial charge in [-0.25, -0.2) is 9.97 Å². The van der Waals surface area contributed by atoms with E-state index in [4.69, 9.17) is 26.0 Å². The largest absolute Gasteiger partial charge is 0.454 e. The molecule has 10 nitrogen and oxygen atoms in total. The van der Waals surface area contributed by atoms with Crippen LogP contribution in [0.3, 0.4) is 0 Å². The number of aliphatic imine (C=N–C) groups is 1. The molecule has 4 rings (SSSR count). The van der Waals surface area contributed by atoms with E-state index < -0.39 is 0 Å². The Morgan fingerprint density at radius 3 is 2.77 bits per heavy atom. The number of benzene rings is 2. The summed E-state index contributed by atoms with van der Waals surface area (Å²) in [5.41, 5.74) is 13.0. The van der Waals surface area contributed by atoms with Crippen LogP contribution in [0.5, 0.6) is 11.5 Å². The molecule has 0 unspecified atom stereocenters. The molecule has 2 aromatic carbocycles. The van der Waals surface area contributed by atoms with Gasteiger partial charge in [0.15, 0.2) is 23.3 Å². The second-order valence-electron chi connectivity index (χ2n) is 6.58. The summed E-state index contributed by atoms with van der Waals surface area (Å²) in [6.07, 6.45) is 0.403. The van der Waals surface area contributed by atoms with E-state index >= 15 is 0 Å². The fourth-order valence-electron chi connectivity index (χ4n) is 3.09. The van der Waals surface area contributed by atoms with E-state index in [1.54, 1.807) is 18.2 Å². The minimum atomic E-state index is -0.315. The molecule has 0 aliphatic carbocycles.